The fourth-order valence-corrected chi connectivity index (χ4v) is 1.99. The van der Waals surface area contributed by atoms with Gasteiger partial charge >= 0.3 is 6.36 Å². The SMILES string of the molecule is O=C(NNC(=S)Nc1cccc(OC(F)(F)F)c1)c1cc(O)ccc1O. The topological polar surface area (TPSA) is 103 Å². The monoisotopic (exact) mass is 387 g/mol. The molecule has 0 saturated carbocycles. The minimum absolute atomic E-state index is 0.137. The van der Waals surface area contributed by atoms with Crippen LogP contribution in [0.2, 0.25) is 0 Å². The van der Waals surface area contributed by atoms with Crippen molar-refractivity contribution in [3.05, 3.63) is 48.0 Å². The standard InChI is InChI=1S/C15H12F3N3O4S/c16-15(17,18)25-10-3-1-2-8(6-10)19-14(26)21-20-13(24)11-7-9(22)4-5-12(11)23/h1-7,22-23H,(H,20,24)(H2,19,21,26). The summed E-state index contributed by atoms with van der Waals surface area (Å²) in [5.74, 6) is -1.83. The van der Waals surface area contributed by atoms with E-state index in [0.717, 1.165) is 24.3 Å². The maximum absolute atomic E-state index is 12.2. The highest BCUT2D eigenvalue weighted by atomic mass is 32.1. The first kappa shape index (κ1) is 19.1. The maximum Gasteiger partial charge on any atom is 0.573 e. The molecule has 0 saturated heterocycles. The van der Waals surface area contributed by atoms with Gasteiger partial charge in [0.1, 0.15) is 17.2 Å². The molecular weight excluding hydrogens is 375 g/mol. The Hall–Kier alpha value is -3.21. The van der Waals surface area contributed by atoms with Gasteiger partial charge in [-0.25, -0.2) is 0 Å². The van der Waals surface area contributed by atoms with Crippen molar-refractivity contribution < 1.29 is 32.9 Å². The normalized spacial score (nSPS) is 10.7. The van der Waals surface area contributed by atoms with E-state index in [9.17, 15) is 28.2 Å². The number of hydrogen-bond acceptors (Lipinski definition) is 5. The smallest absolute Gasteiger partial charge is 0.508 e. The first-order valence-electron chi connectivity index (χ1n) is 6.89. The maximum atomic E-state index is 12.2. The van der Waals surface area contributed by atoms with Gasteiger partial charge in [0.15, 0.2) is 5.11 Å². The second-order valence-corrected chi connectivity index (χ2v) is 5.22. The zero-order valence-corrected chi connectivity index (χ0v) is 13.6. The van der Waals surface area contributed by atoms with E-state index in [0.29, 0.717) is 0 Å². The van der Waals surface area contributed by atoms with Gasteiger partial charge in [-0.1, -0.05) is 6.07 Å². The number of ether oxygens (including phenoxy) is 1. The van der Waals surface area contributed by atoms with Gasteiger partial charge in [-0.05, 0) is 42.5 Å². The third-order valence-electron chi connectivity index (χ3n) is 2.84. The summed E-state index contributed by atoms with van der Waals surface area (Å²) < 4.78 is 40.4. The molecule has 0 radical (unpaired) electrons. The lowest BCUT2D eigenvalue weighted by molar-refractivity contribution is -0.274. The number of phenolic OH excluding ortho intramolecular Hbond substituents is 2. The van der Waals surface area contributed by atoms with Crippen LogP contribution in [-0.4, -0.2) is 27.6 Å². The molecule has 0 aromatic heterocycles. The lowest BCUT2D eigenvalue weighted by atomic mass is 10.2. The zero-order valence-electron chi connectivity index (χ0n) is 12.8. The second-order valence-electron chi connectivity index (χ2n) is 4.81. The number of alkyl halides is 3. The number of carbonyl (C=O) groups excluding carboxylic acids is 1. The molecule has 0 aliphatic heterocycles. The van der Waals surface area contributed by atoms with E-state index in [1.165, 1.54) is 18.2 Å². The van der Waals surface area contributed by atoms with E-state index in [-0.39, 0.29) is 27.9 Å². The average molecular weight is 387 g/mol. The van der Waals surface area contributed by atoms with Gasteiger partial charge < -0.3 is 20.3 Å². The van der Waals surface area contributed by atoms with Crippen LogP contribution in [0.5, 0.6) is 17.2 Å². The number of carbonyl (C=O) groups is 1. The Morgan fingerprint density at radius 1 is 1.08 bits per heavy atom. The number of hydrazine groups is 1. The Bertz CT molecular complexity index is 830. The molecule has 138 valence electrons. The molecule has 7 nitrogen and oxygen atoms in total. The van der Waals surface area contributed by atoms with Crippen LogP contribution in [-0.2, 0) is 0 Å². The third-order valence-corrected chi connectivity index (χ3v) is 3.04. The quantitative estimate of drug-likeness (QED) is 0.313. The van der Waals surface area contributed by atoms with Crippen molar-refractivity contribution >= 4 is 28.9 Å². The summed E-state index contributed by atoms with van der Waals surface area (Å²) in [6.07, 6.45) is -4.82. The first-order chi connectivity index (χ1) is 12.1. The Labute approximate surface area is 150 Å². The van der Waals surface area contributed by atoms with Gasteiger partial charge in [0, 0.05) is 11.8 Å². The molecule has 0 fully saturated rings. The molecule has 26 heavy (non-hydrogen) atoms. The van der Waals surface area contributed by atoms with E-state index >= 15 is 0 Å². The molecule has 0 atom stereocenters. The predicted octanol–water partition coefficient (Wildman–Crippen LogP) is 2.63. The first-order valence-corrected chi connectivity index (χ1v) is 7.30. The van der Waals surface area contributed by atoms with Gasteiger partial charge in [0.25, 0.3) is 5.91 Å². The van der Waals surface area contributed by atoms with Crippen LogP contribution in [0.1, 0.15) is 10.4 Å². The molecule has 2 rings (SSSR count). The van der Waals surface area contributed by atoms with Crippen LogP contribution in [0.4, 0.5) is 18.9 Å². The molecule has 0 unspecified atom stereocenters. The number of anilines is 1. The summed E-state index contributed by atoms with van der Waals surface area (Å²) >= 11 is 4.90. The van der Waals surface area contributed by atoms with E-state index in [4.69, 9.17) is 12.2 Å². The molecule has 0 aliphatic rings. The van der Waals surface area contributed by atoms with Crippen molar-refractivity contribution in [2.75, 3.05) is 5.32 Å². The van der Waals surface area contributed by atoms with Gasteiger partial charge in [-0.15, -0.1) is 13.2 Å². The van der Waals surface area contributed by atoms with Crippen LogP contribution in [0, 0.1) is 0 Å². The Morgan fingerprint density at radius 2 is 1.81 bits per heavy atom. The molecular formula is C15H12F3N3O4S. The van der Waals surface area contributed by atoms with Crippen molar-refractivity contribution in [1.82, 2.24) is 10.9 Å². The fourth-order valence-electron chi connectivity index (χ4n) is 1.82. The van der Waals surface area contributed by atoms with E-state index < -0.39 is 18.0 Å². The highest BCUT2D eigenvalue weighted by Gasteiger charge is 2.31. The van der Waals surface area contributed by atoms with Gasteiger partial charge in [0.2, 0.25) is 0 Å². The van der Waals surface area contributed by atoms with Crippen molar-refractivity contribution in [3.63, 3.8) is 0 Å². The van der Waals surface area contributed by atoms with Gasteiger partial charge in [0.05, 0.1) is 5.56 Å². The summed E-state index contributed by atoms with van der Waals surface area (Å²) in [7, 11) is 0. The van der Waals surface area contributed by atoms with Crippen molar-refractivity contribution in [3.8, 4) is 17.2 Å². The molecule has 0 aliphatic carbocycles. The van der Waals surface area contributed by atoms with Crippen LogP contribution >= 0.6 is 12.2 Å². The van der Waals surface area contributed by atoms with Crippen LogP contribution in [0.25, 0.3) is 0 Å². The van der Waals surface area contributed by atoms with Crippen molar-refractivity contribution in [2.24, 2.45) is 0 Å². The molecule has 2 aromatic carbocycles. The lowest BCUT2D eigenvalue weighted by Crippen LogP contribution is -2.43. The molecule has 0 heterocycles. The number of benzene rings is 2. The average Bonchev–Trinajstić information content (AvgIpc) is 2.53. The number of hydrogen-bond donors (Lipinski definition) is 5. The number of halogens is 3. The number of amides is 1. The summed E-state index contributed by atoms with van der Waals surface area (Å²) in [5.41, 5.74) is 4.45. The highest BCUT2D eigenvalue weighted by Crippen LogP contribution is 2.25. The highest BCUT2D eigenvalue weighted by molar-refractivity contribution is 7.80. The fraction of sp³-hybridized carbons (Fsp3) is 0.0667. The summed E-state index contributed by atoms with van der Waals surface area (Å²) in [6, 6.07) is 8.29. The summed E-state index contributed by atoms with van der Waals surface area (Å²) in [5, 5.41) is 21.3. The Balaban J connectivity index is 1.94. The Morgan fingerprint density at radius 3 is 2.50 bits per heavy atom. The molecule has 11 heteroatoms. The van der Waals surface area contributed by atoms with Crippen molar-refractivity contribution in [2.45, 2.75) is 6.36 Å². The number of aromatic hydroxyl groups is 2. The summed E-state index contributed by atoms with van der Waals surface area (Å²) in [6.45, 7) is 0. The van der Waals surface area contributed by atoms with Crippen molar-refractivity contribution in [1.29, 1.82) is 0 Å². The number of phenols is 2. The van der Waals surface area contributed by atoms with Crippen LogP contribution in [0.3, 0.4) is 0 Å². The lowest BCUT2D eigenvalue weighted by Gasteiger charge is -2.13. The van der Waals surface area contributed by atoms with Crippen LogP contribution < -0.4 is 20.9 Å². The van der Waals surface area contributed by atoms with Crippen LogP contribution in [0.15, 0.2) is 42.5 Å². The minimum Gasteiger partial charge on any atom is -0.508 e. The number of thiocarbonyl (C=S) groups is 1. The predicted molar refractivity (Wildman–Crippen MR) is 89.7 cm³/mol. The van der Waals surface area contributed by atoms with E-state index in [1.54, 1.807) is 0 Å². The van der Waals surface area contributed by atoms with E-state index in [1.807, 2.05) is 0 Å². The molecule has 2 aromatic rings. The molecule has 5 N–H and O–H groups in total. The third kappa shape index (κ3) is 5.70. The number of nitrogens with one attached hydrogen (secondary N) is 3. The summed E-state index contributed by atoms with van der Waals surface area (Å²) in [4.78, 5) is 11.9. The van der Waals surface area contributed by atoms with Gasteiger partial charge in [-0.2, -0.15) is 0 Å². The zero-order chi connectivity index (χ0) is 19.3. The molecule has 0 spiro atoms. The number of rotatable bonds is 3. The van der Waals surface area contributed by atoms with E-state index in [2.05, 4.69) is 20.9 Å². The molecule has 0 bridgehead atoms. The second kappa shape index (κ2) is 7.78. The largest absolute Gasteiger partial charge is 0.573 e. The Kier molecular flexibility index (Phi) is 5.72. The molecule has 1 amide bonds. The van der Waals surface area contributed by atoms with Gasteiger partial charge in [-0.3, -0.25) is 15.6 Å². The minimum atomic E-state index is -4.82.